The number of hydrogen-bond donors (Lipinski definition) is 1. The number of nitrogens with one attached hydrogen (secondary N) is 1. The molecule has 3 rings (SSSR count). The van der Waals surface area contributed by atoms with Crippen molar-refractivity contribution in [1.82, 2.24) is 9.55 Å². The van der Waals surface area contributed by atoms with Gasteiger partial charge < -0.3 is 5.32 Å². The van der Waals surface area contributed by atoms with Gasteiger partial charge in [0, 0.05) is 22.8 Å². The quantitative estimate of drug-likeness (QED) is 0.569. The van der Waals surface area contributed by atoms with Crippen molar-refractivity contribution in [3.8, 4) is 0 Å². The van der Waals surface area contributed by atoms with Crippen molar-refractivity contribution in [3.05, 3.63) is 74.3 Å². The van der Waals surface area contributed by atoms with Gasteiger partial charge in [0.15, 0.2) is 0 Å². The van der Waals surface area contributed by atoms with E-state index >= 15 is 0 Å². The molecule has 0 saturated heterocycles. The number of nitro groups is 1. The van der Waals surface area contributed by atoms with Crippen LogP contribution in [0.25, 0.3) is 10.9 Å². The minimum atomic E-state index is -0.595. The minimum Gasteiger partial charge on any atom is -0.324 e. The number of halogens is 1. The predicted molar refractivity (Wildman–Crippen MR) is 92.7 cm³/mol. The van der Waals surface area contributed by atoms with Crippen molar-refractivity contribution in [3.63, 3.8) is 0 Å². The SMILES string of the molecule is O=C(Cn1cnc2ccc([N+](=O)[O-])cc2c1=O)Nc1cccc(Cl)c1. The van der Waals surface area contributed by atoms with Gasteiger partial charge in [-0.05, 0) is 24.3 Å². The number of non-ortho nitro benzene ring substituents is 1. The Kier molecular flexibility index (Phi) is 4.44. The molecule has 1 amide bonds. The van der Waals surface area contributed by atoms with Gasteiger partial charge in [0.25, 0.3) is 11.2 Å². The number of carbonyl (C=O) groups excluding carboxylic acids is 1. The number of carbonyl (C=O) groups is 1. The van der Waals surface area contributed by atoms with Crippen LogP contribution in [0.3, 0.4) is 0 Å². The average Bonchev–Trinajstić information content (AvgIpc) is 2.57. The Morgan fingerprint density at radius 1 is 1.28 bits per heavy atom. The zero-order chi connectivity index (χ0) is 18.0. The molecule has 0 bridgehead atoms. The first kappa shape index (κ1) is 16.6. The number of anilines is 1. The lowest BCUT2D eigenvalue weighted by Crippen LogP contribution is -2.27. The summed E-state index contributed by atoms with van der Waals surface area (Å²) in [4.78, 5) is 38.9. The molecule has 8 nitrogen and oxygen atoms in total. The summed E-state index contributed by atoms with van der Waals surface area (Å²) >= 11 is 5.85. The van der Waals surface area contributed by atoms with Crippen molar-refractivity contribution >= 4 is 39.8 Å². The van der Waals surface area contributed by atoms with E-state index in [1.54, 1.807) is 24.3 Å². The summed E-state index contributed by atoms with van der Waals surface area (Å²) in [6.07, 6.45) is 1.23. The highest BCUT2D eigenvalue weighted by molar-refractivity contribution is 6.30. The van der Waals surface area contributed by atoms with Gasteiger partial charge in [-0.1, -0.05) is 17.7 Å². The summed E-state index contributed by atoms with van der Waals surface area (Å²) in [5.74, 6) is -0.448. The van der Waals surface area contributed by atoms with Crippen molar-refractivity contribution in [1.29, 1.82) is 0 Å². The third-order valence-corrected chi connectivity index (χ3v) is 3.68. The molecule has 3 aromatic rings. The van der Waals surface area contributed by atoms with Crippen LogP contribution in [-0.4, -0.2) is 20.4 Å². The molecule has 0 radical (unpaired) electrons. The number of amides is 1. The number of nitrogens with zero attached hydrogens (tertiary/aromatic N) is 3. The second-order valence-electron chi connectivity index (χ2n) is 5.19. The van der Waals surface area contributed by atoms with Crippen molar-refractivity contribution in [2.45, 2.75) is 6.54 Å². The van der Waals surface area contributed by atoms with E-state index in [0.29, 0.717) is 16.2 Å². The van der Waals surface area contributed by atoms with E-state index < -0.39 is 16.4 Å². The lowest BCUT2D eigenvalue weighted by atomic mass is 10.2. The van der Waals surface area contributed by atoms with Crippen molar-refractivity contribution in [2.75, 3.05) is 5.32 Å². The molecule has 126 valence electrons. The number of rotatable bonds is 4. The Bertz CT molecular complexity index is 1050. The molecule has 0 aliphatic rings. The van der Waals surface area contributed by atoms with Gasteiger partial charge >= 0.3 is 0 Å². The van der Waals surface area contributed by atoms with Crippen LogP contribution in [-0.2, 0) is 11.3 Å². The first-order chi connectivity index (χ1) is 11.9. The summed E-state index contributed by atoms with van der Waals surface area (Å²) in [5.41, 5.74) is 0.0690. The zero-order valence-corrected chi connectivity index (χ0v) is 13.4. The smallest absolute Gasteiger partial charge is 0.270 e. The second kappa shape index (κ2) is 6.70. The Labute approximate surface area is 145 Å². The van der Waals surface area contributed by atoms with Crippen molar-refractivity contribution < 1.29 is 9.72 Å². The Morgan fingerprint density at radius 2 is 2.08 bits per heavy atom. The molecular weight excluding hydrogens is 348 g/mol. The summed E-state index contributed by atoms with van der Waals surface area (Å²) in [6, 6.07) is 10.4. The summed E-state index contributed by atoms with van der Waals surface area (Å²) in [5, 5.41) is 14.0. The van der Waals surface area contributed by atoms with E-state index in [1.807, 2.05) is 0 Å². The van der Waals surface area contributed by atoms with Crippen molar-refractivity contribution in [2.24, 2.45) is 0 Å². The molecule has 0 aliphatic carbocycles. The molecule has 9 heteroatoms. The van der Waals surface area contributed by atoms with Gasteiger partial charge in [0.1, 0.15) is 6.54 Å². The van der Waals surface area contributed by atoms with Gasteiger partial charge in [0.05, 0.1) is 22.2 Å². The van der Waals surface area contributed by atoms with Crippen LogP contribution in [0.1, 0.15) is 0 Å². The Morgan fingerprint density at radius 3 is 2.80 bits per heavy atom. The second-order valence-corrected chi connectivity index (χ2v) is 5.63. The van der Waals surface area contributed by atoms with Crippen LogP contribution in [0.2, 0.25) is 5.02 Å². The molecule has 1 aromatic heterocycles. The van der Waals surface area contributed by atoms with Gasteiger partial charge in [-0.15, -0.1) is 0 Å². The van der Waals surface area contributed by atoms with Crippen LogP contribution in [0.5, 0.6) is 0 Å². The fourth-order valence-electron chi connectivity index (χ4n) is 2.29. The Balaban J connectivity index is 1.88. The van der Waals surface area contributed by atoms with Gasteiger partial charge in [-0.2, -0.15) is 0 Å². The van der Waals surface area contributed by atoms with Crippen LogP contribution in [0.15, 0.2) is 53.6 Å². The highest BCUT2D eigenvalue weighted by atomic mass is 35.5. The molecule has 0 unspecified atom stereocenters. The normalized spacial score (nSPS) is 10.6. The van der Waals surface area contributed by atoms with Gasteiger partial charge in [-0.25, -0.2) is 4.98 Å². The van der Waals surface area contributed by atoms with Crippen LogP contribution >= 0.6 is 11.6 Å². The van der Waals surface area contributed by atoms with E-state index in [4.69, 9.17) is 11.6 Å². The first-order valence-corrected chi connectivity index (χ1v) is 7.51. The molecular formula is C16H11ClN4O4. The van der Waals surface area contributed by atoms with E-state index in [9.17, 15) is 19.7 Å². The maximum absolute atomic E-state index is 12.4. The maximum Gasteiger partial charge on any atom is 0.270 e. The maximum atomic E-state index is 12.4. The highest BCUT2D eigenvalue weighted by Crippen LogP contribution is 2.17. The summed E-state index contributed by atoms with van der Waals surface area (Å²) in [6.45, 7) is -0.281. The van der Waals surface area contributed by atoms with E-state index in [-0.39, 0.29) is 17.6 Å². The van der Waals surface area contributed by atoms with E-state index in [2.05, 4.69) is 10.3 Å². The largest absolute Gasteiger partial charge is 0.324 e. The van der Waals surface area contributed by atoms with Gasteiger partial charge in [-0.3, -0.25) is 24.3 Å². The van der Waals surface area contributed by atoms with Crippen LogP contribution in [0.4, 0.5) is 11.4 Å². The van der Waals surface area contributed by atoms with Crippen LogP contribution < -0.4 is 10.9 Å². The number of benzene rings is 2. The third-order valence-electron chi connectivity index (χ3n) is 3.44. The molecule has 1 heterocycles. The fourth-order valence-corrected chi connectivity index (χ4v) is 2.48. The molecule has 0 fully saturated rings. The lowest BCUT2D eigenvalue weighted by Gasteiger charge is -2.08. The molecule has 0 aliphatic heterocycles. The van der Waals surface area contributed by atoms with E-state index in [1.165, 1.54) is 18.5 Å². The molecule has 0 saturated carbocycles. The van der Waals surface area contributed by atoms with Gasteiger partial charge in [0.2, 0.25) is 5.91 Å². The minimum absolute atomic E-state index is 0.0762. The number of nitro benzene ring substituents is 1. The fraction of sp³-hybridized carbons (Fsp3) is 0.0625. The van der Waals surface area contributed by atoms with Crippen LogP contribution in [0, 0.1) is 10.1 Å². The molecule has 2 aromatic carbocycles. The first-order valence-electron chi connectivity index (χ1n) is 7.13. The highest BCUT2D eigenvalue weighted by Gasteiger charge is 2.12. The summed E-state index contributed by atoms with van der Waals surface area (Å²) in [7, 11) is 0. The lowest BCUT2D eigenvalue weighted by molar-refractivity contribution is -0.384. The third kappa shape index (κ3) is 3.64. The number of aromatic nitrogens is 2. The molecule has 1 N–H and O–H groups in total. The van der Waals surface area contributed by atoms with E-state index in [0.717, 1.165) is 10.6 Å². The number of fused-ring (bicyclic) bond motifs is 1. The molecule has 25 heavy (non-hydrogen) atoms. The standard InChI is InChI=1S/C16H11ClN4O4/c17-10-2-1-3-11(6-10)19-15(22)8-20-9-18-14-5-4-12(21(24)25)7-13(14)16(20)23/h1-7,9H,8H2,(H,19,22). The Hall–Kier alpha value is -3.26. The zero-order valence-electron chi connectivity index (χ0n) is 12.7. The average molecular weight is 359 g/mol. The number of hydrogen-bond acceptors (Lipinski definition) is 5. The monoisotopic (exact) mass is 358 g/mol. The summed E-state index contributed by atoms with van der Waals surface area (Å²) < 4.78 is 1.09. The topological polar surface area (TPSA) is 107 Å². The molecule has 0 spiro atoms. The molecule has 0 atom stereocenters. The predicted octanol–water partition coefficient (Wildman–Crippen LogP) is 2.60.